The van der Waals surface area contributed by atoms with Crippen molar-refractivity contribution in [3.05, 3.63) is 64.1 Å². The number of hydrogen-bond acceptors (Lipinski definition) is 3. The highest BCUT2D eigenvalue weighted by Gasteiger charge is 2.17. The molecule has 1 N–H and O–H groups in total. The number of amides is 1. The predicted octanol–water partition coefficient (Wildman–Crippen LogP) is 4.49. The maximum atomic E-state index is 12.6. The quantitative estimate of drug-likeness (QED) is 0.544. The first-order valence-electron chi connectivity index (χ1n) is 7.76. The number of thioether (sulfide) groups is 1. The van der Waals surface area contributed by atoms with Gasteiger partial charge < -0.3 is 5.32 Å². The molecule has 2 aromatic rings. The van der Waals surface area contributed by atoms with E-state index in [1.807, 2.05) is 55.5 Å². The van der Waals surface area contributed by atoms with E-state index in [-0.39, 0.29) is 16.9 Å². The summed E-state index contributed by atoms with van der Waals surface area (Å²) in [5, 5.41) is 2.61. The van der Waals surface area contributed by atoms with Crippen molar-refractivity contribution in [2.75, 3.05) is 6.54 Å². The molecule has 0 aromatic heterocycles. The van der Waals surface area contributed by atoms with Crippen molar-refractivity contribution in [3.8, 4) is 0 Å². The maximum Gasteiger partial charge on any atom is 0.216 e. The zero-order chi connectivity index (χ0) is 17.5. The van der Waals surface area contributed by atoms with Gasteiger partial charge in [-0.2, -0.15) is 0 Å². The van der Waals surface area contributed by atoms with Crippen LogP contribution in [0.25, 0.3) is 0 Å². The third-order valence-corrected chi connectivity index (χ3v) is 5.67. The zero-order valence-corrected chi connectivity index (χ0v) is 16.1. The molecule has 126 valence electrons. The molecule has 2 aromatic carbocycles. The molecule has 0 saturated heterocycles. The molecule has 5 heteroatoms. The number of carbonyl (C=O) groups is 2. The van der Waals surface area contributed by atoms with Crippen LogP contribution in [-0.4, -0.2) is 23.5 Å². The second kappa shape index (κ2) is 9.04. The molecule has 0 spiro atoms. The summed E-state index contributed by atoms with van der Waals surface area (Å²) in [7, 11) is 0. The van der Waals surface area contributed by atoms with Crippen molar-refractivity contribution in [2.45, 2.75) is 30.4 Å². The molecule has 3 nitrogen and oxygen atoms in total. The Morgan fingerprint density at radius 2 is 1.79 bits per heavy atom. The Labute approximate surface area is 155 Å². The van der Waals surface area contributed by atoms with E-state index in [4.69, 9.17) is 0 Å². The third-order valence-electron chi connectivity index (χ3n) is 3.54. The van der Waals surface area contributed by atoms with Gasteiger partial charge in [0.1, 0.15) is 0 Å². The predicted molar refractivity (Wildman–Crippen MR) is 103 cm³/mol. The van der Waals surface area contributed by atoms with Crippen LogP contribution in [0.1, 0.15) is 29.8 Å². The molecular weight excluding hydrogens is 386 g/mol. The summed E-state index contributed by atoms with van der Waals surface area (Å²) in [6.07, 6.45) is 0.759. The Balaban J connectivity index is 1.96. The van der Waals surface area contributed by atoms with E-state index in [2.05, 4.69) is 21.2 Å². The summed E-state index contributed by atoms with van der Waals surface area (Å²) in [5.74, 6) is 0.0869. The summed E-state index contributed by atoms with van der Waals surface area (Å²) < 4.78 is 1.00. The number of nitrogens with one attached hydrogen (secondary N) is 1. The van der Waals surface area contributed by atoms with E-state index in [1.165, 1.54) is 6.92 Å². The molecule has 0 aliphatic heterocycles. The van der Waals surface area contributed by atoms with Crippen molar-refractivity contribution in [3.63, 3.8) is 0 Å². The number of benzene rings is 2. The van der Waals surface area contributed by atoms with Crippen molar-refractivity contribution in [1.29, 1.82) is 0 Å². The number of ketones is 1. The Hall–Kier alpha value is -1.59. The van der Waals surface area contributed by atoms with Gasteiger partial charge in [0.15, 0.2) is 5.78 Å². The second-order valence-electron chi connectivity index (χ2n) is 5.48. The molecule has 0 bridgehead atoms. The highest BCUT2D eigenvalue weighted by molar-refractivity contribution is 9.10. The summed E-state index contributed by atoms with van der Waals surface area (Å²) in [6.45, 7) is 4.04. The lowest BCUT2D eigenvalue weighted by molar-refractivity contribution is -0.118. The molecule has 0 aliphatic carbocycles. The molecule has 1 atom stereocenters. The Kier molecular flexibility index (Phi) is 7.06. The topological polar surface area (TPSA) is 46.2 Å². The minimum absolute atomic E-state index is 0.0280. The van der Waals surface area contributed by atoms with Crippen LogP contribution in [-0.2, 0) is 11.2 Å². The minimum Gasteiger partial charge on any atom is -0.356 e. The van der Waals surface area contributed by atoms with Crippen LogP contribution >= 0.6 is 27.7 Å². The molecule has 0 radical (unpaired) electrons. The maximum absolute atomic E-state index is 12.6. The van der Waals surface area contributed by atoms with Gasteiger partial charge in [-0.25, -0.2) is 0 Å². The van der Waals surface area contributed by atoms with Crippen molar-refractivity contribution < 1.29 is 9.59 Å². The van der Waals surface area contributed by atoms with Crippen LogP contribution in [0.15, 0.2) is 57.9 Å². The standard InChI is InChI=1S/C19H20BrNO2S/c1-13(24-18-6-4-3-5-17(18)20)19(23)16-9-7-15(8-10-16)11-12-21-14(2)22/h3-10,13H,11-12H2,1-2H3,(H,21,22)/t13-/m0/s1. The Morgan fingerprint density at radius 3 is 2.42 bits per heavy atom. The Bertz CT molecular complexity index is 716. The van der Waals surface area contributed by atoms with Crippen LogP contribution in [0.4, 0.5) is 0 Å². The van der Waals surface area contributed by atoms with Crippen LogP contribution < -0.4 is 5.32 Å². The zero-order valence-electron chi connectivity index (χ0n) is 13.7. The highest BCUT2D eigenvalue weighted by Crippen LogP contribution is 2.31. The van der Waals surface area contributed by atoms with Gasteiger partial charge in [0.25, 0.3) is 0 Å². The van der Waals surface area contributed by atoms with E-state index in [0.29, 0.717) is 12.1 Å². The van der Waals surface area contributed by atoms with Crippen molar-refractivity contribution in [2.24, 2.45) is 0 Å². The van der Waals surface area contributed by atoms with Crippen LogP contribution in [0.3, 0.4) is 0 Å². The van der Waals surface area contributed by atoms with E-state index in [9.17, 15) is 9.59 Å². The number of hydrogen-bond donors (Lipinski definition) is 1. The lowest BCUT2D eigenvalue weighted by Gasteiger charge is -2.12. The lowest BCUT2D eigenvalue weighted by Crippen LogP contribution is -2.22. The number of halogens is 1. The normalized spacial score (nSPS) is 11.8. The number of carbonyl (C=O) groups excluding carboxylic acids is 2. The first-order valence-corrected chi connectivity index (χ1v) is 9.43. The fourth-order valence-corrected chi connectivity index (χ4v) is 3.76. The van der Waals surface area contributed by atoms with Gasteiger partial charge >= 0.3 is 0 Å². The molecule has 0 fully saturated rings. The van der Waals surface area contributed by atoms with E-state index in [1.54, 1.807) is 11.8 Å². The molecule has 0 unspecified atom stereocenters. The SMILES string of the molecule is CC(=O)NCCc1ccc(C(=O)[C@H](C)Sc2ccccc2Br)cc1. The molecule has 0 saturated carbocycles. The summed E-state index contributed by atoms with van der Waals surface area (Å²) in [4.78, 5) is 24.5. The van der Waals surface area contributed by atoms with Crippen LogP contribution in [0.2, 0.25) is 0 Å². The first kappa shape index (κ1) is 18.7. The molecular formula is C19H20BrNO2S. The Morgan fingerprint density at radius 1 is 1.12 bits per heavy atom. The monoisotopic (exact) mass is 405 g/mol. The van der Waals surface area contributed by atoms with Crippen LogP contribution in [0, 0.1) is 0 Å². The number of rotatable bonds is 7. The fourth-order valence-electron chi connectivity index (χ4n) is 2.24. The average Bonchev–Trinajstić information content (AvgIpc) is 2.56. The smallest absolute Gasteiger partial charge is 0.216 e. The fraction of sp³-hybridized carbons (Fsp3) is 0.263. The third kappa shape index (κ3) is 5.49. The van der Waals surface area contributed by atoms with E-state index >= 15 is 0 Å². The van der Waals surface area contributed by atoms with Gasteiger partial charge in [-0.05, 0) is 47.0 Å². The average molecular weight is 406 g/mol. The van der Waals surface area contributed by atoms with Gasteiger partial charge in [-0.3, -0.25) is 9.59 Å². The lowest BCUT2D eigenvalue weighted by atomic mass is 10.0. The van der Waals surface area contributed by atoms with Gasteiger partial charge in [-0.1, -0.05) is 36.4 Å². The van der Waals surface area contributed by atoms with Gasteiger partial charge in [0.05, 0.1) is 5.25 Å². The van der Waals surface area contributed by atoms with E-state index < -0.39 is 0 Å². The van der Waals surface area contributed by atoms with Crippen molar-refractivity contribution in [1.82, 2.24) is 5.32 Å². The largest absolute Gasteiger partial charge is 0.356 e. The summed E-state index contributed by atoms with van der Waals surface area (Å²) >= 11 is 5.06. The van der Waals surface area contributed by atoms with Gasteiger partial charge in [0.2, 0.25) is 5.91 Å². The molecule has 2 rings (SSSR count). The second-order valence-corrected chi connectivity index (χ2v) is 7.72. The number of Topliss-reactive ketones (excluding diaryl/α,β-unsaturated/α-hetero) is 1. The summed E-state index contributed by atoms with van der Waals surface area (Å²) in [6, 6.07) is 15.5. The first-order chi connectivity index (χ1) is 11.5. The molecule has 0 aliphatic rings. The van der Waals surface area contributed by atoms with Gasteiger partial charge in [0, 0.05) is 28.4 Å². The molecule has 24 heavy (non-hydrogen) atoms. The highest BCUT2D eigenvalue weighted by atomic mass is 79.9. The van der Waals surface area contributed by atoms with Crippen LogP contribution in [0.5, 0.6) is 0 Å². The molecule has 1 amide bonds. The minimum atomic E-state index is -0.158. The van der Waals surface area contributed by atoms with Crippen molar-refractivity contribution >= 4 is 39.4 Å². The summed E-state index contributed by atoms with van der Waals surface area (Å²) in [5.41, 5.74) is 1.82. The van der Waals surface area contributed by atoms with E-state index in [0.717, 1.165) is 21.4 Å². The molecule has 0 heterocycles. The van der Waals surface area contributed by atoms with Gasteiger partial charge in [-0.15, -0.1) is 11.8 Å².